The molecule has 0 aliphatic carbocycles. The molecule has 68 valence electrons. The maximum atomic E-state index is 5.31. The number of hydrogen-bond donors (Lipinski definition) is 0. The highest BCUT2D eigenvalue weighted by Gasteiger charge is 2.14. The molecule has 1 heterocycles. The molecule has 0 amide bonds. The van der Waals surface area contributed by atoms with Gasteiger partial charge in [0.1, 0.15) is 6.33 Å². The fourth-order valence-electron chi connectivity index (χ4n) is 1.37. The van der Waals surface area contributed by atoms with Gasteiger partial charge in [-0.2, -0.15) is 0 Å². The van der Waals surface area contributed by atoms with E-state index in [2.05, 4.69) is 29.7 Å². The molecule has 13 heavy (non-hydrogen) atoms. The normalized spacial score (nSPS) is 12.5. The second-order valence-electron chi connectivity index (χ2n) is 3.43. The summed E-state index contributed by atoms with van der Waals surface area (Å²) >= 11 is 0. The minimum absolute atomic E-state index is 0.381. The Bertz CT molecular complexity index is 285. The van der Waals surface area contributed by atoms with E-state index in [9.17, 15) is 0 Å². The summed E-state index contributed by atoms with van der Waals surface area (Å²) in [6.45, 7) is 4.32. The molecule has 0 spiro atoms. The van der Waals surface area contributed by atoms with Gasteiger partial charge in [0, 0.05) is 24.7 Å². The van der Waals surface area contributed by atoms with Crippen molar-refractivity contribution in [1.82, 2.24) is 9.97 Å². The highest BCUT2D eigenvalue weighted by atomic mass is 14.8. The van der Waals surface area contributed by atoms with Gasteiger partial charge in [-0.05, 0) is 11.5 Å². The second-order valence-corrected chi connectivity index (χ2v) is 3.43. The minimum atomic E-state index is 0.381. The first-order chi connectivity index (χ1) is 6.25. The molecule has 1 unspecified atom stereocenters. The first-order valence-corrected chi connectivity index (χ1v) is 4.44. The van der Waals surface area contributed by atoms with Crippen LogP contribution in [0.3, 0.4) is 0 Å². The van der Waals surface area contributed by atoms with Crippen molar-refractivity contribution in [3.63, 3.8) is 0 Å². The van der Waals surface area contributed by atoms with E-state index < -0.39 is 0 Å². The van der Waals surface area contributed by atoms with Crippen LogP contribution in [0.5, 0.6) is 0 Å². The van der Waals surface area contributed by atoms with E-state index in [-0.39, 0.29) is 0 Å². The van der Waals surface area contributed by atoms with E-state index in [1.54, 1.807) is 0 Å². The van der Waals surface area contributed by atoms with Crippen LogP contribution in [-0.4, -0.2) is 9.97 Å². The van der Waals surface area contributed by atoms with E-state index in [1.165, 1.54) is 6.33 Å². The molecule has 1 aromatic heterocycles. The number of terminal acetylenes is 1. The number of hydrogen-bond acceptors (Lipinski definition) is 2. The predicted molar refractivity (Wildman–Crippen MR) is 53.1 cm³/mol. The molecule has 2 heteroatoms. The fraction of sp³-hybridized carbons (Fsp3) is 0.455. The highest BCUT2D eigenvalue weighted by molar-refractivity contribution is 5.13. The van der Waals surface area contributed by atoms with Crippen molar-refractivity contribution in [2.75, 3.05) is 0 Å². The zero-order chi connectivity index (χ0) is 9.68. The zero-order valence-electron chi connectivity index (χ0n) is 8.07. The van der Waals surface area contributed by atoms with Gasteiger partial charge >= 0.3 is 0 Å². The van der Waals surface area contributed by atoms with Crippen LogP contribution in [0.15, 0.2) is 18.7 Å². The Morgan fingerprint density at radius 1 is 1.38 bits per heavy atom. The molecule has 0 saturated carbocycles. The summed E-state index contributed by atoms with van der Waals surface area (Å²) in [6, 6.07) is 0. The molecule has 0 aliphatic heterocycles. The van der Waals surface area contributed by atoms with Gasteiger partial charge in [0.05, 0.1) is 0 Å². The summed E-state index contributed by atoms with van der Waals surface area (Å²) in [6.07, 6.45) is 11.3. The molecular formula is C11H14N2. The monoisotopic (exact) mass is 174 g/mol. The number of aromatic nitrogens is 2. The van der Waals surface area contributed by atoms with E-state index in [0.29, 0.717) is 11.8 Å². The van der Waals surface area contributed by atoms with E-state index in [1.807, 2.05) is 12.4 Å². The average molecular weight is 174 g/mol. The first kappa shape index (κ1) is 9.73. The molecule has 0 radical (unpaired) electrons. The van der Waals surface area contributed by atoms with Gasteiger partial charge in [0.15, 0.2) is 0 Å². The molecule has 0 bridgehead atoms. The van der Waals surface area contributed by atoms with Crippen LogP contribution in [0.2, 0.25) is 0 Å². The summed E-state index contributed by atoms with van der Waals surface area (Å²) in [7, 11) is 0. The molecule has 2 nitrogen and oxygen atoms in total. The van der Waals surface area contributed by atoms with Gasteiger partial charge in [-0.15, -0.1) is 12.3 Å². The molecule has 0 aliphatic rings. The van der Waals surface area contributed by atoms with Crippen LogP contribution < -0.4 is 0 Å². The first-order valence-electron chi connectivity index (χ1n) is 4.44. The van der Waals surface area contributed by atoms with Crippen molar-refractivity contribution >= 4 is 0 Å². The Kier molecular flexibility index (Phi) is 3.45. The maximum absolute atomic E-state index is 5.31. The highest BCUT2D eigenvalue weighted by Crippen LogP contribution is 2.25. The van der Waals surface area contributed by atoms with Gasteiger partial charge in [0.25, 0.3) is 0 Å². The number of rotatable bonds is 3. The van der Waals surface area contributed by atoms with Crippen molar-refractivity contribution in [1.29, 1.82) is 0 Å². The number of nitrogens with zero attached hydrogens (tertiary/aromatic N) is 2. The summed E-state index contributed by atoms with van der Waals surface area (Å²) < 4.78 is 0. The topological polar surface area (TPSA) is 25.8 Å². The van der Waals surface area contributed by atoms with Gasteiger partial charge in [-0.25, -0.2) is 9.97 Å². The van der Waals surface area contributed by atoms with Crippen LogP contribution in [0.4, 0.5) is 0 Å². The Morgan fingerprint density at radius 3 is 2.46 bits per heavy atom. The third kappa shape index (κ3) is 2.55. The molecular weight excluding hydrogens is 160 g/mol. The summed E-state index contributed by atoms with van der Waals surface area (Å²) in [4.78, 5) is 7.98. The lowest BCUT2D eigenvalue weighted by atomic mass is 9.88. The van der Waals surface area contributed by atoms with E-state index >= 15 is 0 Å². The van der Waals surface area contributed by atoms with E-state index in [0.717, 1.165) is 12.0 Å². The molecule has 0 fully saturated rings. The molecule has 0 N–H and O–H groups in total. The van der Waals surface area contributed by atoms with Crippen LogP contribution in [-0.2, 0) is 0 Å². The third-order valence-corrected chi connectivity index (χ3v) is 2.15. The second kappa shape index (κ2) is 4.61. The summed E-state index contributed by atoms with van der Waals surface area (Å²) in [5, 5.41) is 0. The van der Waals surface area contributed by atoms with Crippen molar-refractivity contribution in [3.05, 3.63) is 24.3 Å². The van der Waals surface area contributed by atoms with Crippen LogP contribution in [0.25, 0.3) is 0 Å². The Labute approximate surface area is 79.4 Å². The zero-order valence-corrected chi connectivity index (χ0v) is 8.07. The minimum Gasteiger partial charge on any atom is -0.245 e. The van der Waals surface area contributed by atoms with Crippen molar-refractivity contribution in [3.8, 4) is 12.3 Å². The van der Waals surface area contributed by atoms with E-state index in [4.69, 9.17) is 6.42 Å². The van der Waals surface area contributed by atoms with Crippen LogP contribution in [0.1, 0.15) is 31.7 Å². The van der Waals surface area contributed by atoms with Gasteiger partial charge in [-0.1, -0.05) is 13.8 Å². The summed E-state index contributed by atoms with van der Waals surface area (Å²) in [5.74, 6) is 3.60. The molecule has 1 rings (SSSR count). The largest absolute Gasteiger partial charge is 0.245 e. The lowest BCUT2D eigenvalue weighted by Crippen LogP contribution is -2.06. The Morgan fingerprint density at radius 2 is 2.00 bits per heavy atom. The predicted octanol–water partition coefficient (Wildman–Crippen LogP) is 2.24. The molecule has 0 saturated heterocycles. The van der Waals surface area contributed by atoms with Crippen molar-refractivity contribution in [2.45, 2.75) is 26.2 Å². The molecule has 1 atom stereocenters. The van der Waals surface area contributed by atoms with Gasteiger partial charge in [0.2, 0.25) is 0 Å². The maximum Gasteiger partial charge on any atom is 0.115 e. The standard InChI is InChI=1S/C11H14N2/c1-4-5-11(9(2)3)10-6-12-8-13-7-10/h1,6-9,11H,5H2,2-3H3. The van der Waals surface area contributed by atoms with Gasteiger partial charge < -0.3 is 0 Å². The fourth-order valence-corrected chi connectivity index (χ4v) is 1.37. The lowest BCUT2D eigenvalue weighted by molar-refractivity contribution is 0.505. The van der Waals surface area contributed by atoms with Crippen LogP contribution >= 0.6 is 0 Å². The quantitative estimate of drug-likeness (QED) is 0.657. The van der Waals surface area contributed by atoms with Gasteiger partial charge in [-0.3, -0.25) is 0 Å². The molecule has 0 aromatic carbocycles. The van der Waals surface area contributed by atoms with Crippen molar-refractivity contribution < 1.29 is 0 Å². The van der Waals surface area contributed by atoms with Crippen LogP contribution in [0, 0.1) is 18.3 Å². The lowest BCUT2D eigenvalue weighted by Gasteiger charge is -2.17. The Hall–Kier alpha value is -1.36. The average Bonchev–Trinajstić information content (AvgIpc) is 2.15. The third-order valence-electron chi connectivity index (χ3n) is 2.15. The smallest absolute Gasteiger partial charge is 0.115 e. The molecule has 1 aromatic rings. The summed E-state index contributed by atoms with van der Waals surface area (Å²) in [5.41, 5.74) is 1.13. The van der Waals surface area contributed by atoms with Crippen molar-refractivity contribution in [2.24, 2.45) is 5.92 Å². The Balaban J connectivity index is 2.84. The SMILES string of the molecule is C#CCC(c1cncnc1)C(C)C.